The Morgan fingerprint density at radius 1 is 1.17 bits per heavy atom. The number of nitrogens with one attached hydrogen (secondary N) is 2. The van der Waals surface area contributed by atoms with Crippen LogP contribution in [0.2, 0.25) is 0 Å². The molecule has 0 spiro atoms. The lowest BCUT2D eigenvalue weighted by Crippen LogP contribution is -2.45. The summed E-state index contributed by atoms with van der Waals surface area (Å²) in [5.41, 5.74) is 1.05. The van der Waals surface area contributed by atoms with Crippen molar-refractivity contribution in [3.8, 4) is 11.5 Å². The first kappa shape index (κ1) is 11.6. The van der Waals surface area contributed by atoms with Gasteiger partial charge in [0.25, 0.3) is 0 Å². The van der Waals surface area contributed by atoms with Crippen LogP contribution in [0.1, 0.15) is 0 Å². The van der Waals surface area contributed by atoms with E-state index < -0.39 is 0 Å². The van der Waals surface area contributed by atoms with Crippen LogP contribution in [-0.2, 0) is 4.74 Å². The van der Waals surface area contributed by atoms with E-state index in [1.54, 1.807) is 0 Å². The minimum Gasteiger partial charge on any atom is -0.486 e. The molecule has 0 saturated carbocycles. The normalized spacial score (nSPS) is 22.6. The van der Waals surface area contributed by atoms with Crippen LogP contribution in [-0.4, -0.2) is 45.6 Å². The monoisotopic (exact) mass is 250 g/mol. The average molecular weight is 250 g/mol. The third kappa shape index (κ3) is 2.68. The fraction of sp³-hybridized carbons (Fsp3) is 0.538. The van der Waals surface area contributed by atoms with Crippen LogP contribution < -0.4 is 20.1 Å². The van der Waals surface area contributed by atoms with Gasteiger partial charge >= 0.3 is 0 Å². The van der Waals surface area contributed by atoms with E-state index in [4.69, 9.17) is 14.2 Å². The molecule has 0 bridgehead atoms. The van der Waals surface area contributed by atoms with Gasteiger partial charge in [0, 0.05) is 30.9 Å². The van der Waals surface area contributed by atoms with E-state index in [2.05, 4.69) is 10.6 Å². The number of morpholine rings is 1. The summed E-state index contributed by atoms with van der Waals surface area (Å²) in [6.45, 7) is 4.59. The summed E-state index contributed by atoms with van der Waals surface area (Å²) in [7, 11) is 0. The van der Waals surface area contributed by atoms with Gasteiger partial charge in [0.15, 0.2) is 11.5 Å². The lowest BCUT2D eigenvalue weighted by atomic mass is 10.2. The number of anilines is 1. The Morgan fingerprint density at radius 3 is 2.89 bits per heavy atom. The molecule has 0 aromatic heterocycles. The SMILES string of the molecule is c1cc2c(cc1NCC1COCCN1)OCCO2. The average Bonchev–Trinajstić information content (AvgIpc) is 2.46. The van der Waals surface area contributed by atoms with Gasteiger partial charge in [0.2, 0.25) is 0 Å². The molecule has 2 aliphatic heterocycles. The molecule has 1 aromatic rings. The Bertz CT molecular complexity index is 405. The molecule has 1 saturated heterocycles. The molecule has 0 aliphatic carbocycles. The number of rotatable bonds is 3. The molecule has 18 heavy (non-hydrogen) atoms. The van der Waals surface area contributed by atoms with Crippen molar-refractivity contribution in [2.24, 2.45) is 0 Å². The molecular weight excluding hydrogens is 232 g/mol. The van der Waals surface area contributed by atoms with E-state index in [1.165, 1.54) is 0 Å². The summed E-state index contributed by atoms with van der Waals surface area (Å²) >= 11 is 0. The summed E-state index contributed by atoms with van der Waals surface area (Å²) < 4.78 is 16.5. The Balaban J connectivity index is 1.58. The summed E-state index contributed by atoms with van der Waals surface area (Å²) in [6.07, 6.45) is 0. The second kappa shape index (κ2) is 5.46. The van der Waals surface area contributed by atoms with Crippen molar-refractivity contribution in [1.82, 2.24) is 5.32 Å². The van der Waals surface area contributed by atoms with E-state index in [0.717, 1.165) is 43.5 Å². The molecule has 1 fully saturated rings. The highest BCUT2D eigenvalue weighted by atomic mass is 16.6. The molecule has 0 amide bonds. The lowest BCUT2D eigenvalue weighted by molar-refractivity contribution is 0.0806. The minimum atomic E-state index is 0.368. The minimum absolute atomic E-state index is 0.368. The van der Waals surface area contributed by atoms with Crippen molar-refractivity contribution in [2.45, 2.75) is 6.04 Å². The molecule has 2 aliphatic rings. The predicted octanol–water partition coefficient (Wildman–Crippen LogP) is 0.858. The zero-order valence-corrected chi connectivity index (χ0v) is 10.3. The maximum Gasteiger partial charge on any atom is 0.163 e. The first-order chi connectivity index (χ1) is 8.92. The number of ether oxygens (including phenoxy) is 3. The van der Waals surface area contributed by atoms with Crippen LogP contribution in [0.4, 0.5) is 5.69 Å². The third-order valence-electron chi connectivity index (χ3n) is 3.09. The van der Waals surface area contributed by atoms with Crippen LogP contribution in [0, 0.1) is 0 Å². The fourth-order valence-electron chi connectivity index (χ4n) is 2.15. The van der Waals surface area contributed by atoms with E-state index >= 15 is 0 Å². The van der Waals surface area contributed by atoms with Crippen LogP contribution in [0.3, 0.4) is 0 Å². The first-order valence-corrected chi connectivity index (χ1v) is 6.36. The predicted molar refractivity (Wildman–Crippen MR) is 68.5 cm³/mol. The Hall–Kier alpha value is -1.46. The third-order valence-corrected chi connectivity index (χ3v) is 3.09. The summed E-state index contributed by atoms with van der Waals surface area (Å²) in [5, 5.41) is 6.79. The van der Waals surface area contributed by atoms with Gasteiger partial charge in [-0.2, -0.15) is 0 Å². The molecular formula is C13H18N2O3. The Labute approximate surface area is 106 Å². The van der Waals surface area contributed by atoms with E-state index in [0.29, 0.717) is 19.3 Å². The first-order valence-electron chi connectivity index (χ1n) is 6.36. The maximum atomic E-state index is 5.55. The van der Waals surface area contributed by atoms with E-state index in [1.807, 2.05) is 18.2 Å². The largest absolute Gasteiger partial charge is 0.486 e. The number of benzene rings is 1. The molecule has 5 heteroatoms. The molecule has 5 nitrogen and oxygen atoms in total. The zero-order valence-electron chi connectivity index (χ0n) is 10.3. The molecule has 0 radical (unpaired) electrons. The van der Waals surface area contributed by atoms with Gasteiger partial charge in [-0.3, -0.25) is 0 Å². The molecule has 2 N–H and O–H groups in total. The second-order valence-electron chi connectivity index (χ2n) is 4.47. The quantitative estimate of drug-likeness (QED) is 0.833. The van der Waals surface area contributed by atoms with Crippen molar-refractivity contribution in [1.29, 1.82) is 0 Å². The molecule has 2 heterocycles. The van der Waals surface area contributed by atoms with Crippen molar-refractivity contribution in [3.05, 3.63) is 18.2 Å². The Kier molecular flexibility index (Phi) is 3.52. The highest BCUT2D eigenvalue weighted by Gasteiger charge is 2.14. The van der Waals surface area contributed by atoms with Crippen LogP contribution in [0.15, 0.2) is 18.2 Å². The topological polar surface area (TPSA) is 51.8 Å². The standard InChI is InChI=1S/C13H18N2O3/c1-2-12-13(18-6-5-17-12)7-10(1)15-8-11-9-16-4-3-14-11/h1-2,7,11,14-15H,3-6,8-9H2. The van der Waals surface area contributed by atoms with Gasteiger partial charge < -0.3 is 24.8 Å². The van der Waals surface area contributed by atoms with Gasteiger partial charge in [-0.1, -0.05) is 0 Å². The molecule has 1 unspecified atom stereocenters. The number of hydrogen-bond acceptors (Lipinski definition) is 5. The van der Waals surface area contributed by atoms with Crippen LogP contribution in [0.25, 0.3) is 0 Å². The molecule has 3 rings (SSSR count). The van der Waals surface area contributed by atoms with Gasteiger partial charge in [-0.25, -0.2) is 0 Å². The maximum absolute atomic E-state index is 5.55. The summed E-state index contributed by atoms with van der Waals surface area (Å²) in [4.78, 5) is 0. The van der Waals surface area contributed by atoms with Gasteiger partial charge in [0.1, 0.15) is 13.2 Å². The molecule has 1 aromatic carbocycles. The van der Waals surface area contributed by atoms with Gasteiger partial charge in [0.05, 0.1) is 13.2 Å². The highest BCUT2D eigenvalue weighted by molar-refractivity contribution is 5.55. The van der Waals surface area contributed by atoms with Crippen molar-refractivity contribution in [3.63, 3.8) is 0 Å². The second-order valence-corrected chi connectivity index (χ2v) is 4.47. The van der Waals surface area contributed by atoms with Gasteiger partial charge in [-0.15, -0.1) is 0 Å². The van der Waals surface area contributed by atoms with Crippen LogP contribution in [0.5, 0.6) is 11.5 Å². The fourth-order valence-corrected chi connectivity index (χ4v) is 2.15. The van der Waals surface area contributed by atoms with Crippen molar-refractivity contribution < 1.29 is 14.2 Å². The van der Waals surface area contributed by atoms with E-state index in [-0.39, 0.29) is 0 Å². The van der Waals surface area contributed by atoms with Crippen molar-refractivity contribution >= 4 is 5.69 Å². The smallest absolute Gasteiger partial charge is 0.163 e. The molecule has 98 valence electrons. The number of fused-ring (bicyclic) bond motifs is 1. The molecule has 1 atom stereocenters. The number of hydrogen-bond donors (Lipinski definition) is 2. The highest BCUT2D eigenvalue weighted by Crippen LogP contribution is 2.32. The zero-order chi connectivity index (χ0) is 12.2. The van der Waals surface area contributed by atoms with Crippen molar-refractivity contribution in [2.75, 3.05) is 44.8 Å². The lowest BCUT2D eigenvalue weighted by Gasteiger charge is -2.25. The van der Waals surface area contributed by atoms with Crippen LogP contribution >= 0.6 is 0 Å². The Morgan fingerprint density at radius 2 is 2.06 bits per heavy atom. The van der Waals surface area contributed by atoms with E-state index in [9.17, 15) is 0 Å². The summed E-state index contributed by atoms with van der Waals surface area (Å²) in [5.74, 6) is 1.64. The summed E-state index contributed by atoms with van der Waals surface area (Å²) in [6, 6.07) is 6.31. The van der Waals surface area contributed by atoms with Gasteiger partial charge in [-0.05, 0) is 12.1 Å².